The summed E-state index contributed by atoms with van der Waals surface area (Å²) in [5, 5.41) is 11.9. The number of hydrogen-bond acceptors (Lipinski definition) is 7. The molecule has 0 amide bonds. The number of carbonyl (C=O) groups excluding carboxylic acids is 1. The molecule has 0 aliphatic rings. The molecule has 2 atom stereocenters. The summed E-state index contributed by atoms with van der Waals surface area (Å²) < 4.78 is 10.2. The second kappa shape index (κ2) is 9.90. The van der Waals surface area contributed by atoms with Crippen molar-refractivity contribution in [3.05, 3.63) is 40.0 Å². The van der Waals surface area contributed by atoms with Crippen molar-refractivity contribution in [2.75, 3.05) is 13.7 Å². The molecule has 0 bridgehead atoms. The van der Waals surface area contributed by atoms with E-state index in [0.29, 0.717) is 24.6 Å². The molecule has 7 heteroatoms. The van der Waals surface area contributed by atoms with E-state index < -0.39 is 6.10 Å². The van der Waals surface area contributed by atoms with Crippen molar-refractivity contribution in [2.24, 2.45) is 0 Å². The van der Waals surface area contributed by atoms with Gasteiger partial charge in [0, 0.05) is 30.0 Å². The molecule has 0 saturated carbocycles. The predicted octanol–water partition coefficient (Wildman–Crippen LogP) is 2.75. The fourth-order valence-corrected chi connectivity index (χ4v) is 3.13. The molecule has 2 rings (SSSR count). The Kier molecular flexibility index (Phi) is 7.57. The molecule has 2 unspecified atom stereocenters. The van der Waals surface area contributed by atoms with Crippen LogP contribution in [-0.2, 0) is 9.53 Å². The Morgan fingerprint density at radius 2 is 2.23 bits per heavy atom. The highest BCUT2D eigenvalue weighted by molar-refractivity contribution is 7.09. The third-order valence-electron chi connectivity index (χ3n) is 3.48. The molecule has 0 saturated heterocycles. The van der Waals surface area contributed by atoms with Gasteiger partial charge in [0.1, 0.15) is 10.7 Å². The largest absolute Gasteiger partial charge is 0.481 e. The summed E-state index contributed by atoms with van der Waals surface area (Å²) in [6.45, 7) is 3.80. The van der Waals surface area contributed by atoms with Crippen molar-refractivity contribution in [3.8, 4) is 17.7 Å². The van der Waals surface area contributed by atoms with Gasteiger partial charge >= 0.3 is 5.97 Å². The normalized spacial score (nSPS) is 12.6. The number of nitrogens with zero attached hydrogens (tertiary/aromatic N) is 2. The van der Waals surface area contributed by atoms with Gasteiger partial charge in [-0.2, -0.15) is 0 Å². The number of carbonyl (C=O) groups is 1. The minimum absolute atomic E-state index is 0.176. The van der Waals surface area contributed by atoms with Crippen LogP contribution in [0.5, 0.6) is 5.88 Å². The van der Waals surface area contributed by atoms with E-state index in [9.17, 15) is 9.90 Å². The zero-order valence-corrected chi connectivity index (χ0v) is 15.9. The van der Waals surface area contributed by atoms with Crippen LogP contribution in [0, 0.1) is 11.8 Å². The smallest absolute Gasteiger partial charge is 0.306 e. The molecule has 0 fully saturated rings. The summed E-state index contributed by atoms with van der Waals surface area (Å²) in [7, 11) is 1.55. The average Bonchev–Trinajstić information content (AvgIpc) is 3.08. The van der Waals surface area contributed by atoms with E-state index in [1.54, 1.807) is 33.2 Å². The highest BCUT2D eigenvalue weighted by Crippen LogP contribution is 2.31. The summed E-state index contributed by atoms with van der Waals surface area (Å²) in [5.41, 5.74) is 1.48. The van der Waals surface area contributed by atoms with Crippen LogP contribution in [0.2, 0.25) is 0 Å². The molecule has 0 aliphatic carbocycles. The lowest BCUT2D eigenvalue weighted by Gasteiger charge is -2.14. The molecular weight excluding hydrogens is 352 g/mol. The van der Waals surface area contributed by atoms with Crippen LogP contribution in [0.15, 0.2) is 23.7 Å². The van der Waals surface area contributed by atoms with Crippen LogP contribution in [0.1, 0.15) is 48.9 Å². The van der Waals surface area contributed by atoms with Gasteiger partial charge in [-0.25, -0.2) is 9.97 Å². The molecule has 0 radical (unpaired) electrons. The first-order valence-corrected chi connectivity index (χ1v) is 9.19. The number of esters is 1. The van der Waals surface area contributed by atoms with Crippen LogP contribution in [0.4, 0.5) is 0 Å². The lowest BCUT2D eigenvalue weighted by atomic mass is 9.98. The quantitative estimate of drug-likeness (QED) is 0.593. The highest BCUT2D eigenvalue weighted by atomic mass is 32.1. The Morgan fingerprint density at radius 1 is 1.42 bits per heavy atom. The molecule has 26 heavy (non-hydrogen) atoms. The van der Waals surface area contributed by atoms with Crippen LogP contribution < -0.4 is 4.74 Å². The predicted molar refractivity (Wildman–Crippen MR) is 99.2 cm³/mol. The first-order valence-electron chi connectivity index (χ1n) is 8.31. The molecule has 0 aliphatic heterocycles. The van der Waals surface area contributed by atoms with E-state index >= 15 is 0 Å². The second-order valence-electron chi connectivity index (χ2n) is 5.62. The number of aromatic nitrogens is 2. The highest BCUT2D eigenvalue weighted by Gasteiger charge is 2.22. The van der Waals surface area contributed by atoms with Crippen molar-refractivity contribution in [3.63, 3.8) is 0 Å². The SMILES string of the molecule is CCOC(=O)CC(c1ccc(OC)nc1)c1nc(C#CCC(C)O)cs1. The lowest BCUT2D eigenvalue weighted by molar-refractivity contribution is -0.143. The molecule has 2 heterocycles. The van der Waals surface area contributed by atoms with Crippen LogP contribution in [0.3, 0.4) is 0 Å². The van der Waals surface area contributed by atoms with Gasteiger partial charge < -0.3 is 14.6 Å². The van der Waals surface area contributed by atoms with Gasteiger partial charge in [-0.05, 0) is 25.3 Å². The molecule has 1 N–H and O–H groups in total. The summed E-state index contributed by atoms with van der Waals surface area (Å²) in [5.74, 6) is 5.79. The number of rotatable bonds is 7. The van der Waals surface area contributed by atoms with Crippen LogP contribution in [-0.4, -0.2) is 40.9 Å². The number of aliphatic hydroxyl groups excluding tert-OH is 1. The fraction of sp³-hybridized carbons (Fsp3) is 0.421. The Morgan fingerprint density at radius 3 is 2.85 bits per heavy atom. The van der Waals surface area contributed by atoms with Gasteiger partial charge in [0.2, 0.25) is 5.88 Å². The average molecular weight is 374 g/mol. The Balaban J connectivity index is 2.26. The number of hydrogen-bond donors (Lipinski definition) is 1. The maximum absolute atomic E-state index is 12.0. The Hall–Kier alpha value is -2.43. The van der Waals surface area contributed by atoms with E-state index in [2.05, 4.69) is 21.8 Å². The molecule has 0 aromatic carbocycles. The molecular formula is C19H22N2O4S. The minimum Gasteiger partial charge on any atom is -0.481 e. The van der Waals surface area contributed by atoms with E-state index in [0.717, 1.165) is 10.6 Å². The first-order chi connectivity index (χ1) is 12.5. The van der Waals surface area contributed by atoms with Gasteiger partial charge in [0.05, 0.1) is 26.2 Å². The van der Waals surface area contributed by atoms with Gasteiger partial charge in [0.15, 0.2) is 0 Å². The van der Waals surface area contributed by atoms with E-state index in [4.69, 9.17) is 9.47 Å². The van der Waals surface area contributed by atoms with Crippen LogP contribution >= 0.6 is 11.3 Å². The second-order valence-corrected chi connectivity index (χ2v) is 6.51. The van der Waals surface area contributed by atoms with Crippen molar-refractivity contribution >= 4 is 17.3 Å². The van der Waals surface area contributed by atoms with E-state index in [1.165, 1.54) is 11.3 Å². The third-order valence-corrected chi connectivity index (χ3v) is 4.44. The van der Waals surface area contributed by atoms with Gasteiger partial charge in [-0.3, -0.25) is 4.79 Å². The fourth-order valence-electron chi connectivity index (χ4n) is 2.25. The zero-order valence-electron chi connectivity index (χ0n) is 15.1. The summed E-state index contributed by atoms with van der Waals surface area (Å²) in [6, 6.07) is 3.63. The summed E-state index contributed by atoms with van der Waals surface area (Å²) in [4.78, 5) is 20.8. The minimum atomic E-state index is -0.470. The van der Waals surface area contributed by atoms with Crippen molar-refractivity contribution in [1.82, 2.24) is 9.97 Å². The number of aliphatic hydroxyl groups is 1. The Bertz CT molecular complexity index is 775. The molecule has 138 valence electrons. The zero-order chi connectivity index (χ0) is 18.9. The molecule has 6 nitrogen and oxygen atoms in total. The molecule has 0 spiro atoms. The van der Waals surface area contributed by atoms with Gasteiger partial charge in [-0.15, -0.1) is 11.3 Å². The third kappa shape index (κ3) is 5.83. The Labute approximate surface area is 157 Å². The van der Waals surface area contributed by atoms with Crippen molar-refractivity contribution < 1.29 is 19.4 Å². The van der Waals surface area contributed by atoms with Crippen molar-refractivity contribution in [1.29, 1.82) is 0 Å². The topological polar surface area (TPSA) is 81.5 Å². The molecule has 2 aromatic rings. The maximum atomic E-state index is 12.0. The lowest BCUT2D eigenvalue weighted by Crippen LogP contribution is -2.12. The van der Waals surface area contributed by atoms with Gasteiger partial charge in [0.25, 0.3) is 0 Å². The maximum Gasteiger partial charge on any atom is 0.306 e. The first kappa shape index (κ1) is 19.9. The van der Waals surface area contributed by atoms with Crippen LogP contribution in [0.25, 0.3) is 0 Å². The summed E-state index contributed by atoms with van der Waals surface area (Å²) in [6.07, 6.45) is 1.78. The number of ether oxygens (including phenoxy) is 2. The molecule has 2 aromatic heterocycles. The van der Waals surface area contributed by atoms with E-state index in [1.807, 2.05) is 11.4 Å². The monoisotopic (exact) mass is 374 g/mol. The summed E-state index contributed by atoms with van der Waals surface area (Å²) >= 11 is 1.44. The number of methoxy groups -OCH3 is 1. The van der Waals surface area contributed by atoms with Crippen molar-refractivity contribution in [2.45, 2.75) is 38.7 Å². The number of pyridine rings is 1. The van der Waals surface area contributed by atoms with E-state index in [-0.39, 0.29) is 18.3 Å². The standard InChI is InChI=1S/C19H22N2O4S/c1-4-25-18(23)10-16(14-8-9-17(24-3)20-11-14)19-21-15(12-26-19)7-5-6-13(2)22/h8-9,11-13,16,22H,4,6,10H2,1-3H3. The number of thiazole rings is 1. The van der Waals surface area contributed by atoms with Gasteiger partial charge in [-0.1, -0.05) is 12.0 Å².